The van der Waals surface area contributed by atoms with Crippen LogP contribution in [0, 0.1) is 17.8 Å². The molecule has 2 rings (SSSR count). The maximum absolute atomic E-state index is 3.35. The first-order valence-electron chi connectivity index (χ1n) is 7.57. The Balaban J connectivity index is 1.87. The summed E-state index contributed by atoms with van der Waals surface area (Å²) in [6, 6.07) is 0.883. The molecule has 2 aliphatic rings. The van der Waals surface area contributed by atoms with Crippen molar-refractivity contribution in [3.63, 3.8) is 0 Å². The first-order chi connectivity index (χ1) is 8.19. The third kappa shape index (κ3) is 3.69. The van der Waals surface area contributed by atoms with Crippen LogP contribution < -0.4 is 5.32 Å². The summed E-state index contributed by atoms with van der Waals surface area (Å²) >= 11 is 0. The van der Waals surface area contributed by atoms with Gasteiger partial charge in [0.1, 0.15) is 0 Å². The van der Waals surface area contributed by atoms with Crippen molar-refractivity contribution in [3.05, 3.63) is 0 Å². The van der Waals surface area contributed by atoms with Gasteiger partial charge in [0.05, 0.1) is 0 Å². The average Bonchev–Trinajstić information content (AvgIpc) is 2.28. The van der Waals surface area contributed by atoms with Crippen molar-refractivity contribution in [3.8, 4) is 0 Å². The predicted octanol–water partition coefficient (Wildman–Crippen LogP) is 2.74. The summed E-state index contributed by atoms with van der Waals surface area (Å²) in [5.74, 6) is 2.77. The van der Waals surface area contributed by atoms with Gasteiger partial charge in [0, 0.05) is 12.6 Å². The van der Waals surface area contributed by atoms with Gasteiger partial charge in [-0.3, -0.25) is 0 Å². The van der Waals surface area contributed by atoms with Crippen LogP contribution in [-0.4, -0.2) is 37.6 Å². The monoisotopic (exact) mass is 238 g/mol. The molecular formula is C15H30N2. The van der Waals surface area contributed by atoms with Crippen LogP contribution in [0.1, 0.15) is 46.0 Å². The fourth-order valence-corrected chi connectivity index (χ4v) is 4.09. The topological polar surface area (TPSA) is 15.3 Å². The van der Waals surface area contributed by atoms with E-state index in [2.05, 4.69) is 31.1 Å². The van der Waals surface area contributed by atoms with Crippen molar-refractivity contribution in [2.45, 2.75) is 52.0 Å². The van der Waals surface area contributed by atoms with Crippen LogP contribution in [0.25, 0.3) is 0 Å². The standard InChI is InChI=1S/C15H30N2/c1-12-7-13(2)9-15(8-12)17-6-4-5-14(11-17)10-16-3/h12-16H,4-11H2,1-3H3. The number of hydrogen-bond acceptors (Lipinski definition) is 2. The van der Waals surface area contributed by atoms with Crippen LogP contribution in [-0.2, 0) is 0 Å². The molecule has 1 N–H and O–H groups in total. The zero-order chi connectivity index (χ0) is 12.3. The lowest BCUT2D eigenvalue weighted by molar-refractivity contribution is 0.0692. The lowest BCUT2D eigenvalue weighted by Crippen LogP contribution is -2.47. The largest absolute Gasteiger partial charge is 0.319 e. The van der Waals surface area contributed by atoms with E-state index in [1.807, 2.05) is 0 Å². The van der Waals surface area contributed by atoms with Crippen molar-refractivity contribution >= 4 is 0 Å². The van der Waals surface area contributed by atoms with Crippen molar-refractivity contribution in [2.75, 3.05) is 26.7 Å². The molecule has 2 fully saturated rings. The molecule has 100 valence electrons. The molecular weight excluding hydrogens is 208 g/mol. The highest BCUT2D eigenvalue weighted by atomic mass is 15.2. The van der Waals surface area contributed by atoms with E-state index in [1.54, 1.807) is 0 Å². The lowest BCUT2D eigenvalue weighted by atomic mass is 9.79. The first-order valence-corrected chi connectivity index (χ1v) is 7.57. The molecule has 0 aromatic rings. The van der Waals surface area contributed by atoms with Gasteiger partial charge in [-0.2, -0.15) is 0 Å². The highest BCUT2D eigenvalue weighted by Gasteiger charge is 2.31. The maximum Gasteiger partial charge on any atom is 0.0100 e. The number of piperidine rings is 1. The molecule has 3 unspecified atom stereocenters. The highest BCUT2D eigenvalue weighted by molar-refractivity contribution is 4.85. The van der Waals surface area contributed by atoms with E-state index in [4.69, 9.17) is 0 Å². The quantitative estimate of drug-likeness (QED) is 0.813. The summed E-state index contributed by atoms with van der Waals surface area (Å²) < 4.78 is 0. The van der Waals surface area contributed by atoms with Gasteiger partial charge < -0.3 is 10.2 Å². The lowest BCUT2D eigenvalue weighted by Gasteiger charge is -2.43. The second-order valence-corrected chi connectivity index (χ2v) is 6.63. The van der Waals surface area contributed by atoms with Gasteiger partial charge in [0.15, 0.2) is 0 Å². The molecule has 1 aliphatic carbocycles. The van der Waals surface area contributed by atoms with Crippen LogP contribution in [0.15, 0.2) is 0 Å². The van der Waals surface area contributed by atoms with Crippen molar-refractivity contribution in [1.82, 2.24) is 10.2 Å². The summed E-state index contributed by atoms with van der Waals surface area (Å²) in [5.41, 5.74) is 0. The summed E-state index contributed by atoms with van der Waals surface area (Å²) in [6.07, 6.45) is 7.16. The van der Waals surface area contributed by atoms with Crippen molar-refractivity contribution in [2.24, 2.45) is 17.8 Å². The summed E-state index contributed by atoms with van der Waals surface area (Å²) in [4.78, 5) is 2.80. The molecule has 3 atom stereocenters. The number of hydrogen-bond donors (Lipinski definition) is 1. The molecule has 0 aromatic heterocycles. The summed E-state index contributed by atoms with van der Waals surface area (Å²) in [7, 11) is 2.09. The molecule has 1 saturated heterocycles. The van der Waals surface area contributed by atoms with E-state index >= 15 is 0 Å². The minimum absolute atomic E-state index is 0.883. The second-order valence-electron chi connectivity index (χ2n) is 6.63. The van der Waals surface area contributed by atoms with Gasteiger partial charge in [-0.15, -0.1) is 0 Å². The molecule has 0 spiro atoms. The molecule has 0 radical (unpaired) electrons. The molecule has 0 amide bonds. The van der Waals surface area contributed by atoms with E-state index in [0.29, 0.717) is 0 Å². The Morgan fingerprint density at radius 1 is 1.12 bits per heavy atom. The first kappa shape index (κ1) is 13.4. The molecule has 2 heteroatoms. The zero-order valence-corrected chi connectivity index (χ0v) is 11.9. The minimum atomic E-state index is 0.883. The number of rotatable bonds is 3. The normalized spacial score (nSPS) is 40.4. The maximum atomic E-state index is 3.35. The smallest absolute Gasteiger partial charge is 0.0100 e. The summed E-state index contributed by atoms with van der Waals surface area (Å²) in [6.45, 7) is 8.78. The third-order valence-corrected chi connectivity index (χ3v) is 4.71. The molecule has 17 heavy (non-hydrogen) atoms. The van der Waals surface area contributed by atoms with Crippen LogP contribution >= 0.6 is 0 Å². The Hall–Kier alpha value is -0.0800. The predicted molar refractivity (Wildman–Crippen MR) is 74.2 cm³/mol. The van der Waals surface area contributed by atoms with Gasteiger partial charge >= 0.3 is 0 Å². The summed E-state index contributed by atoms with van der Waals surface area (Å²) in [5, 5.41) is 3.35. The van der Waals surface area contributed by atoms with E-state index in [1.165, 1.54) is 51.7 Å². The number of likely N-dealkylation sites (tertiary alicyclic amines) is 1. The van der Waals surface area contributed by atoms with E-state index in [9.17, 15) is 0 Å². The number of nitrogens with zero attached hydrogens (tertiary/aromatic N) is 1. The van der Waals surface area contributed by atoms with Gasteiger partial charge in [0.25, 0.3) is 0 Å². The highest BCUT2D eigenvalue weighted by Crippen LogP contribution is 2.33. The minimum Gasteiger partial charge on any atom is -0.319 e. The van der Waals surface area contributed by atoms with E-state index in [0.717, 1.165) is 23.8 Å². The van der Waals surface area contributed by atoms with Crippen LogP contribution in [0.4, 0.5) is 0 Å². The second kappa shape index (κ2) is 6.19. The molecule has 1 heterocycles. The van der Waals surface area contributed by atoms with Gasteiger partial charge in [-0.1, -0.05) is 13.8 Å². The Labute approximate surface area is 107 Å². The molecule has 1 saturated carbocycles. The van der Waals surface area contributed by atoms with Gasteiger partial charge in [-0.25, -0.2) is 0 Å². The van der Waals surface area contributed by atoms with Crippen LogP contribution in [0.5, 0.6) is 0 Å². The van der Waals surface area contributed by atoms with Crippen molar-refractivity contribution in [1.29, 1.82) is 0 Å². The van der Waals surface area contributed by atoms with Gasteiger partial charge in [-0.05, 0) is 70.0 Å². The van der Waals surface area contributed by atoms with E-state index < -0.39 is 0 Å². The van der Waals surface area contributed by atoms with Gasteiger partial charge in [0.2, 0.25) is 0 Å². The fraction of sp³-hybridized carbons (Fsp3) is 1.00. The van der Waals surface area contributed by atoms with E-state index in [-0.39, 0.29) is 0 Å². The zero-order valence-electron chi connectivity index (χ0n) is 11.9. The average molecular weight is 238 g/mol. The molecule has 0 aromatic carbocycles. The molecule has 2 nitrogen and oxygen atoms in total. The Bertz CT molecular complexity index is 217. The van der Waals surface area contributed by atoms with Crippen molar-refractivity contribution < 1.29 is 0 Å². The number of nitrogens with one attached hydrogen (secondary N) is 1. The Kier molecular flexibility index (Phi) is 4.87. The molecule has 1 aliphatic heterocycles. The third-order valence-electron chi connectivity index (χ3n) is 4.71. The fourth-order valence-electron chi connectivity index (χ4n) is 4.09. The molecule has 0 bridgehead atoms. The Morgan fingerprint density at radius 2 is 1.82 bits per heavy atom. The van der Waals surface area contributed by atoms with Crippen LogP contribution in [0.3, 0.4) is 0 Å². The SMILES string of the molecule is CNCC1CCCN(C2CC(C)CC(C)C2)C1. The Morgan fingerprint density at radius 3 is 2.47 bits per heavy atom. The van der Waals surface area contributed by atoms with Crippen LogP contribution in [0.2, 0.25) is 0 Å².